The molecule has 0 spiro atoms. The van der Waals surface area contributed by atoms with Gasteiger partial charge in [0, 0.05) is 29.5 Å². The van der Waals surface area contributed by atoms with Gasteiger partial charge in [0.1, 0.15) is 0 Å². The lowest BCUT2D eigenvalue weighted by molar-refractivity contribution is -0.164. The Balaban J connectivity index is 2.85. The van der Waals surface area contributed by atoms with Crippen LogP contribution >= 0.6 is 27.7 Å². The minimum Gasteiger partial charge on any atom is -0.288 e. The van der Waals surface area contributed by atoms with Crippen molar-refractivity contribution in [1.82, 2.24) is 9.48 Å². The summed E-state index contributed by atoms with van der Waals surface area (Å²) < 4.78 is 2.13. The molecule has 14 heavy (non-hydrogen) atoms. The van der Waals surface area contributed by atoms with Crippen molar-refractivity contribution < 1.29 is 9.63 Å². The molecule has 78 valence electrons. The summed E-state index contributed by atoms with van der Waals surface area (Å²) in [6.45, 7) is 0.352. The van der Waals surface area contributed by atoms with Gasteiger partial charge < -0.3 is 0 Å². The van der Waals surface area contributed by atoms with Crippen molar-refractivity contribution in [3.05, 3.63) is 22.3 Å². The number of nitrogens with zero attached hydrogens (tertiary/aromatic N) is 2. The van der Waals surface area contributed by atoms with Gasteiger partial charge >= 0.3 is 0 Å². The van der Waals surface area contributed by atoms with Gasteiger partial charge in [-0.1, -0.05) is 15.9 Å². The van der Waals surface area contributed by atoms with E-state index in [1.807, 2.05) is 0 Å². The third kappa shape index (κ3) is 2.50. The lowest BCUT2D eigenvalue weighted by atomic mass is 10.2. The van der Waals surface area contributed by atoms with E-state index in [-0.39, 0.29) is 5.91 Å². The maximum absolute atomic E-state index is 11.7. The molecule has 0 fully saturated rings. The number of hydrogen-bond donors (Lipinski definition) is 0. The van der Waals surface area contributed by atoms with Gasteiger partial charge in [0.05, 0.1) is 19.2 Å². The molecule has 0 saturated heterocycles. The molecule has 0 N–H and O–H groups in total. The number of hydrogen-bond acceptors (Lipinski definition) is 3. The second-order valence-corrected chi connectivity index (χ2v) is 3.97. The molecule has 0 aromatic rings. The summed E-state index contributed by atoms with van der Waals surface area (Å²) in [7, 11) is 2.98. The minimum atomic E-state index is -0.214. The number of likely N-dealkylation sites (N-methyl/N-ethyl adjacent to an activating group) is 1. The maximum atomic E-state index is 11.7. The van der Waals surface area contributed by atoms with Crippen LogP contribution in [0.25, 0.3) is 0 Å². The average Bonchev–Trinajstić information content (AvgIpc) is 2.19. The Bertz CT molecular complexity index is 304. The molecule has 0 bridgehead atoms. The van der Waals surface area contributed by atoms with Crippen LogP contribution in [0.2, 0.25) is 0 Å². The van der Waals surface area contributed by atoms with Crippen LogP contribution < -0.4 is 0 Å². The lowest BCUT2D eigenvalue weighted by Crippen LogP contribution is -2.31. The molecule has 0 radical (unpaired) electrons. The van der Waals surface area contributed by atoms with Crippen molar-refractivity contribution in [3.8, 4) is 0 Å². The van der Waals surface area contributed by atoms with Gasteiger partial charge in [0.2, 0.25) is 0 Å². The third-order valence-corrected chi connectivity index (χ3v) is 2.77. The Labute approximate surface area is 95.9 Å². The first-order valence-electron chi connectivity index (χ1n) is 3.87. The topological polar surface area (TPSA) is 32.8 Å². The normalized spacial score (nSPS) is 16.1. The van der Waals surface area contributed by atoms with Crippen LogP contribution in [-0.2, 0) is 9.63 Å². The number of amides is 1. The molecule has 0 atom stereocenters. The summed E-state index contributed by atoms with van der Waals surface area (Å²) in [4.78, 5) is 16.5. The summed E-state index contributed by atoms with van der Waals surface area (Å²) in [5, 5.41) is 1.15. The Morgan fingerprint density at radius 2 is 2.43 bits per heavy atom. The summed E-state index contributed by atoms with van der Waals surface area (Å²) in [5.41, 5.74) is 0.562. The fourth-order valence-electron chi connectivity index (χ4n) is 0.969. The Hall–Kier alpha value is -0.520. The molecular formula is C8H10BrClN2O2. The quantitative estimate of drug-likeness (QED) is 0.570. The highest BCUT2D eigenvalue weighted by Crippen LogP contribution is 2.22. The number of carbonyl (C=O) groups is 1. The standard InChI is InChI=1S/C8H10BrClN2O2/c1-11(14-2)8(13)6-5-12(10)4-3-7(6)9/h3-4H,5H2,1-2H3. The summed E-state index contributed by atoms with van der Waals surface area (Å²) in [6.07, 6.45) is 3.39. The van der Waals surface area contributed by atoms with Gasteiger partial charge in [-0.15, -0.1) is 0 Å². The first-order valence-corrected chi connectivity index (χ1v) is 5.00. The van der Waals surface area contributed by atoms with Crippen molar-refractivity contribution in [2.45, 2.75) is 0 Å². The fourth-order valence-corrected chi connectivity index (χ4v) is 1.56. The molecule has 1 aliphatic rings. The number of allylic oxidation sites excluding steroid dienone is 2. The zero-order valence-electron chi connectivity index (χ0n) is 7.83. The second-order valence-electron chi connectivity index (χ2n) is 2.69. The zero-order chi connectivity index (χ0) is 10.7. The van der Waals surface area contributed by atoms with Crippen LogP contribution in [0, 0.1) is 0 Å². The summed E-state index contributed by atoms with van der Waals surface area (Å²) in [6, 6.07) is 0. The molecule has 0 unspecified atom stereocenters. The average molecular weight is 282 g/mol. The number of rotatable bonds is 2. The van der Waals surface area contributed by atoms with Crippen LogP contribution in [0.5, 0.6) is 0 Å². The minimum absolute atomic E-state index is 0.214. The summed E-state index contributed by atoms with van der Waals surface area (Å²) in [5.74, 6) is -0.214. The van der Waals surface area contributed by atoms with E-state index in [1.165, 1.54) is 11.5 Å². The van der Waals surface area contributed by atoms with Gasteiger partial charge in [0.25, 0.3) is 5.91 Å². The molecule has 1 rings (SSSR count). The van der Waals surface area contributed by atoms with E-state index in [0.717, 1.165) is 9.55 Å². The molecule has 1 amide bonds. The Morgan fingerprint density at radius 3 is 3.00 bits per heavy atom. The van der Waals surface area contributed by atoms with Gasteiger partial charge in [0.15, 0.2) is 0 Å². The molecule has 0 aromatic heterocycles. The maximum Gasteiger partial charge on any atom is 0.276 e. The van der Waals surface area contributed by atoms with E-state index in [0.29, 0.717) is 12.1 Å². The number of carbonyl (C=O) groups excluding carboxylic acids is 1. The fraction of sp³-hybridized carbons (Fsp3) is 0.375. The Morgan fingerprint density at radius 1 is 1.79 bits per heavy atom. The van der Waals surface area contributed by atoms with Gasteiger partial charge in [-0.05, 0) is 6.08 Å². The molecule has 6 heteroatoms. The van der Waals surface area contributed by atoms with E-state index >= 15 is 0 Å². The lowest BCUT2D eigenvalue weighted by Gasteiger charge is -2.21. The van der Waals surface area contributed by atoms with E-state index in [1.54, 1.807) is 19.3 Å². The summed E-state index contributed by atoms with van der Waals surface area (Å²) >= 11 is 9.03. The Kier molecular flexibility index (Phi) is 3.97. The molecular weight excluding hydrogens is 271 g/mol. The molecule has 0 aromatic carbocycles. The van der Waals surface area contributed by atoms with E-state index < -0.39 is 0 Å². The molecule has 1 aliphatic heterocycles. The van der Waals surface area contributed by atoms with Gasteiger partial charge in [-0.2, -0.15) is 0 Å². The van der Waals surface area contributed by atoms with Crippen molar-refractivity contribution in [2.24, 2.45) is 0 Å². The SMILES string of the molecule is CON(C)C(=O)C1=C(Br)C=CN(Cl)C1. The van der Waals surface area contributed by atoms with Crippen LogP contribution in [-0.4, -0.2) is 36.1 Å². The van der Waals surface area contributed by atoms with Crippen LogP contribution in [0.15, 0.2) is 22.3 Å². The predicted octanol–water partition coefficient (Wildman–Crippen LogP) is 1.64. The zero-order valence-corrected chi connectivity index (χ0v) is 10.2. The van der Waals surface area contributed by atoms with Crippen molar-refractivity contribution in [3.63, 3.8) is 0 Å². The third-order valence-electron chi connectivity index (χ3n) is 1.80. The molecule has 4 nitrogen and oxygen atoms in total. The number of halogens is 2. The monoisotopic (exact) mass is 280 g/mol. The van der Waals surface area contributed by atoms with Crippen molar-refractivity contribution >= 4 is 33.6 Å². The van der Waals surface area contributed by atoms with Gasteiger partial charge in [-0.25, -0.2) is 5.06 Å². The predicted molar refractivity (Wildman–Crippen MR) is 57.4 cm³/mol. The molecule has 0 saturated carbocycles. The van der Waals surface area contributed by atoms with E-state index in [2.05, 4.69) is 15.9 Å². The van der Waals surface area contributed by atoms with Crippen LogP contribution in [0.1, 0.15) is 0 Å². The van der Waals surface area contributed by atoms with Crippen LogP contribution in [0.4, 0.5) is 0 Å². The highest BCUT2D eigenvalue weighted by atomic mass is 79.9. The highest BCUT2D eigenvalue weighted by Gasteiger charge is 2.21. The largest absolute Gasteiger partial charge is 0.288 e. The van der Waals surface area contributed by atoms with E-state index in [4.69, 9.17) is 16.6 Å². The van der Waals surface area contributed by atoms with Gasteiger partial charge in [-0.3, -0.25) is 14.1 Å². The van der Waals surface area contributed by atoms with Crippen molar-refractivity contribution in [2.75, 3.05) is 20.7 Å². The highest BCUT2D eigenvalue weighted by molar-refractivity contribution is 9.12. The first-order chi connectivity index (χ1) is 6.56. The van der Waals surface area contributed by atoms with Crippen LogP contribution in [0.3, 0.4) is 0 Å². The number of hydroxylamine groups is 2. The second kappa shape index (κ2) is 4.82. The smallest absolute Gasteiger partial charge is 0.276 e. The molecule has 1 heterocycles. The van der Waals surface area contributed by atoms with E-state index in [9.17, 15) is 4.79 Å². The van der Waals surface area contributed by atoms with Crippen molar-refractivity contribution in [1.29, 1.82) is 0 Å². The molecule has 0 aliphatic carbocycles. The first kappa shape index (κ1) is 11.6.